The minimum atomic E-state index is 0.0889. The number of rotatable bonds is 1. The minimum Gasteiger partial charge on any atom is -0.461 e. The van der Waals surface area contributed by atoms with Crippen molar-refractivity contribution in [2.24, 2.45) is 22.7 Å². The second-order valence-corrected chi connectivity index (χ2v) is 6.91. The first-order valence-corrected chi connectivity index (χ1v) is 6.85. The van der Waals surface area contributed by atoms with Crippen LogP contribution in [0, 0.1) is 22.7 Å². The second kappa shape index (κ2) is 2.65. The van der Waals surface area contributed by atoms with Gasteiger partial charge >= 0.3 is 5.97 Å². The van der Waals surface area contributed by atoms with Crippen LogP contribution in [-0.2, 0) is 9.53 Å². The van der Waals surface area contributed by atoms with E-state index in [9.17, 15) is 4.79 Å². The average Bonchev–Trinajstić information content (AvgIpc) is 2.54. The molecule has 1 saturated heterocycles. The fourth-order valence-corrected chi connectivity index (χ4v) is 5.91. The van der Waals surface area contributed by atoms with Crippen LogP contribution in [0.5, 0.6) is 0 Å². The van der Waals surface area contributed by atoms with E-state index in [1.807, 2.05) is 0 Å². The summed E-state index contributed by atoms with van der Waals surface area (Å²) in [7, 11) is 0. The van der Waals surface area contributed by atoms with E-state index < -0.39 is 0 Å². The van der Waals surface area contributed by atoms with Gasteiger partial charge in [-0.2, -0.15) is 0 Å². The number of carbonyl (C=O) groups is 1. The van der Waals surface area contributed by atoms with Crippen molar-refractivity contribution in [1.29, 1.82) is 0 Å². The summed E-state index contributed by atoms with van der Waals surface area (Å²) in [5.41, 5.74) is 0.646. The molecule has 0 amide bonds. The maximum absolute atomic E-state index is 11.7. The number of ether oxygens (including phenoxy) is 1. The lowest BCUT2D eigenvalue weighted by atomic mass is 9.42. The van der Waals surface area contributed by atoms with Crippen LogP contribution in [0.2, 0.25) is 0 Å². The van der Waals surface area contributed by atoms with Crippen molar-refractivity contribution in [2.45, 2.75) is 58.0 Å². The highest BCUT2D eigenvalue weighted by atomic mass is 16.6. The lowest BCUT2D eigenvalue weighted by Crippen LogP contribution is -2.59. The maximum Gasteiger partial charge on any atom is 0.306 e. The molecule has 5 fully saturated rings. The predicted octanol–water partition coefficient (Wildman–Crippen LogP) is 2.91. The van der Waals surface area contributed by atoms with Gasteiger partial charge in [0.1, 0.15) is 6.10 Å². The van der Waals surface area contributed by atoms with Gasteiger partial charge in [0.15, 0.2) is 0 Å². The van der Waals surface area contributed by atoms with Crippen LogP contribution in [0.3, 0.4) is 0 Å². The summed E-state index contributed by atoms with van der Waals surface area (Å²) < 4.78 is 5.75. The second-order valence-electron chi connectivity index (χ2n) is 6.91. The highest BCUT2D eigenvalue weighted by molar-refractivity contribution is 5.73. The Balaban J connectivity index is 1.83. The Bertz CT molecular complexity index is 346. The van der Waals surface area contributed by atoms with Gasteiger partial charge in [0.25, 0.3) is 0 Å². The van der Waals surface area contributed by atoms with E-state index in [0.717, 1.165) is 18.3 Å². The highest BCUT2D eigenvalue weighted by Crippen LogP contribution is 2.69. The number of esters is 1. The Kier molecular flexibility index (Phi) is 1.57. The first-order valence-electron chi connectivity index (χ1n) is 6.85. The lowest BCUT2D eigenvalue weighted by Gasteiger charge is -2.63. The first-order chi connectivity index (χ1) is 7.66. The fourth-order valence-electron chi connectivity index (χ4n) is 5.91. The standard InChI is InChI=1S/C14H20O2/c1-2-13-4-9-3-10(5-13)7-14(6-9)8-11(15)16-12(13)14/h9-10,12H,2-8H2,1H3/t9?,10?,12-,13?,14?/m1/s1. The summed E-state index contributed by atoms with van der Waals surface area (Å²) in [5.74, 6) is 1.89. The molecular weight excluding hydrogens is 200 g/mol. The van der Waals surface area contributed by atoms with Crippen LogP contribution in [0.1, 0.15) is 51.9 Å². The quantitative estimate of drug-likeness (QED) is 0.635. The van der Waals surface area contributed by atoms with Gasteiger partial charge in [0.2, 0.25) is 0 Å². The van der Waals surface area contributed by atoms with Crippen LogP contribution in [0.15, 0.2) is 0 Å². The number of hydrogen-bond donors (Lipinski definition) is 0. The summed E-state index contributed by atoms with van der Waals surface area (Å²) >= 11 is 0. The highest BCUT2D eigenvalue weighted by Gasteiger charge is 2.67. The lowest BCUT2D eigenvalue weighted by molar-refractivity contribution is -0.190. The molecule has 5 aliphatic rings. The van der Waals surface area contributed by atoms with E-state index in [1.165, 1.54) is 38.5 Å². The molecule has 1 spiro atoms. The Morgan fingerprint density at radius 3 is 2.56 bits per heavy atom. The Hall–Kier alpha value is -0.530. The zero-order valence-electron chi connectivity index (χ0n) is 10.00. The Morgan fingerprint density at radius 2 is 1.94 bits per heavy atom. The smallest absolute Gasteiger partial charge is 0.306 e. The maximum atomic E-state index is 11.7. The van der Waals surface area contributed by atoms with Crippen molar-refractivity contribution < 1.29 is 9.53 Å². The molecule has 0 aromatic carbocycles. The van der Waals surface area contributed by atoms with E-state index in [2.05, 4.69) is 6.92 Å². The molecule has 2 heteroatoms. The van der Waals surface area contributed by atoms with Gasteiger partial charge in [-0.3, -0.25) is 4.79 Å². The van der Waals surface area contributed by atoms with Gasteiger partial charge in [0, 0.05) is 10.8 Å². The van der Waals surface area contributed by atoms with Gasteiger partial charge < -0.3 is 4.74 Å². The largest absolute Gasteiger partial charge is 0.461 e. The van der Waals surface area contributed by atoms with Crippen molar-refractivity contribution in [1.82, 2.24) is 0 Å². The summed E-state index contributed by atoms with van der Waals surface area (Å²) in [4.78, 5) is 11.7. The first kappa shape index (κ1) is 9.49. The zero-order valence-corrected chi connectivity index (χ0v) is 10.00. The van der Waals surface area contributed by atoms with E-state index in [1.54, 1.807) is 0 Å². The molecule has 2 nitrogen and oxygen atoms in total. The molecule has 88 valence electrons. The summed E-state index contributed by atoms with van der Waals surface area (Å²) in [6.07, 6.45) is 8.88. The minimum absolute atomic E-state index is 0.0889. The van der Waals surface area contributed by atoms with Gasteiger partial charge in [-0.1, -0.05) is 6.92 Å². The molecule has 0 aromatic rings. The van der Waals surface area contributed by atoms with Gasteiger partial charge in [0.05, 0.1) is 6.42 Å². The normalized spacial score (nSPS) is 57.6. The van der Waals surface area contributed by atoms with Crippen LogP contribution < -0.4 is 0 Å². The van der Waals surface area contributed by atoms with Crippen LogP contribution in [0.4, 0.5) is 0 Å². The monoisotopic (exact) mass is 220 g/mol. The molecular formula is C14H20O2. The molecule has 3 atom stereocenters. The predicted molar refractivity (Wildman–Crippen MR) is 59.7 cm³/mol. The van der Waals surface area contributed by atoms with Crippen LogP contribution in [0.25, 0.3) is 0 Å². The van der Waals surface area contributed by atoms with E-state index in [4.69, 9.17) is 4.74 Å². The molecule has 4 bridgehead atoms. The Labute approximate surface area is 96.7 Å². The molecule has 0 aromatic heterocycles. The van der Waals surface area contributed by atoms with Gasteiger partial charge in [-0.25, -0.2) is 0 Å². The van der Waals surface area contributed by atoms with Crippen molar-refractivity contribution in [3.05, 3.63) is 0 Å². The molecule has 1 heterocycles. The molecule has 2 unspecified atom stereocenters. The third-order valence-corrected chi connectivity index (χ3v) is 6.01. The molecule has 4 aliphatic carbocycles. The Morgan fingerprint density at radius 1 is 1.25 bits per heavy atom. The topological polar surface area (TPSA) is 26.3 Å². The summed E-state index contributed by atoms with van der Waals surface area (Å²) in [6.45, 7) is 2.30. The average molecular weight is 220 g/mol. The number of carbonyl (C=O) groups excluding carboxylic acids is 1. The molecule has 1 aliphatic heterocycles. The molecule has 16 heavy (non-hydrogen) atoms. The molecule has 5 rings (SSSR count). The van der Waals surface area contributed by atoms with Crippen LogP contribution >= 0.6 is 0 Å². The summed E-state index contributed by atoms with van der Waals surface area (Å²) in [5, 5.41) is 0. The SMILES string of the molecule is CCC12CC3CC(C1)CC1(CC(=O)O[C@H]21)C3. The van der Waals surface area contributed by atoms with Crippen molar-refractivity contribution >= 4 is 5.97 Å². The summed E-state index contributed by atoms with van der Waals surface area (Å²) in [6, 6.07) is 0. The van der Waals surface area contributed by atoms with Crippen LogP contribution in [-0.4, -0.2) is 12.1 Å². The molecule has 4 saturated carbocycles. The number of hydrogen-bond acceptors (Lipinski definition) is 2. The third kappa shape index (κ3) is 0.930. The molecule has 0 radical (unpaired) electrons. The van der Waals surface area contributed by atoms with Gasteiger partial charge in [-0.15, -0.1) is 0 Å². The van der Waals surface area contributed by atoms with E-state index in [-0.39, 0.29) is 17.5 Å². The van der Waals surface area contributed by atoms with E-state index >= 15 is 0 Å². The van der Waals surface area contributed by atoms with E-state index in [0.29, 0.717) is 5.41 Å². The molecule has 0 N–H and O–H groups in total. The fraction of sp³-hybridized carbons (Fsp3) is 0.929. The zero-order chi connectivity index (χ0) is 11.0. The van der Waals surface area contributed by atoms with Crippen molar-refractivity contribution in [2.75, 3.05) is 0 Å². The third-order valence-electron chi connectivity index (χ3n) is 6.01. The van der Waals surface area contributed by atoms with Crippen molar-refractivity contribution in [3.8, 4) is 0 Å². The van der Waals surface area contributed by atoms with Crippen molar-refractivity contribution in [3.63, 3.8) is 0 Å². The van der Waals surface area contributed by atoms with Gasteiger partial charge in [-0.05, 0) is 50.4 Å².